The lowest BCUT2D eigenvalue weighted by Crippen LogP contribution is -2.66. The van der Waals surface area contributed by atoms with Gasteiger partial charge in [-0.25, -0.2) is 0 Å². The minimum absolute atomic E-state index is 0.0382. The number of alkyl halides is 1. The van der Waals surface area contributed by atoms with Crippen LogP contribution in [0.15, 0.2) is 24.3 Å². The largest absolute Gasteiger partial charge is 0.600 e. The fourth-order valence-corrected chi connectivity index (χ4v) is 4.37. The molecular formula is C14H17BBrNO5. The highest BCUT2D eigenvalue weighted by Gasteiger charge is 2.69. The van der Waals surface area contributed by atoms with Crippen molar-refractivity contribution in [1.82, 2.24) is 0 Å². The number of benzene rings is 1. The zero-order chi connectivity index (χ0) is 16.1. The Balaban J connectivity index is 1.95. The van der Waals surface area contributed by atoms with Crippen molar-refractivity contribution in [2.45, 2.75) is 17.8 Å². The normalized spacial score (nSPS) is 33.1. The van der Waals surface area contributed by atoms with Crippen LogP contribution in [0.2, 0.25) is 0 Å². The van der Waals surface area contributed by atoms with Gasteiger partial charge in [0.25, 0.3) is 0 Å². The second kappa shape index (κ2) is 5.08. The minimum Gasteiger partial charge on any atom is -0.599 e. The van der Waals surface area contributed by atoms with Crippen molar-refractivity contribution in [3.8, 4) is 0 Å². The molecule has 0 amide bonds. The highest BCUT2D eigenvalue weighted by Crippen LogP contribution is 2.43. The fourth-order valence-electron chi connectivity index (χ4n) is 3.28. The number of aryl methyl sites for hydroxylation is 1. The van der Waals surface area contributed by atoms with Crippen molar-refractivity contribution >= 4 is 34.6 Å². The Hall–Kier alpha value is -1.38. The van der Waals surface area contributed by atoms with Crippen LogP contribution in [0.3, 0.4) is 0 Å². The van der Waals surface area contributed by atoms with Crippen LogP contribution in [-0.4, -0.2) is 53.0 Å². The summed E-state index contributed by atoms with van der Waals surface area (Å²) in [7, 11) is 1.74. The molecule has 2 aliphatic rings. The average Bonchev–Trinajstić information content (AvgIpc) is 2.82. The van der Waals surface area contributed by atoms with E-state index in [0.29, 0.717) is 5.56 Å². The molecule has 0 spiro atoms. The molecule has 0 aliphatic carbocycles. The van der Waals surface area contributed by atoms with Crippen molar-refractivity contribution < 1.29 is 28.4 Å². The van der Waals surface area contributed by atoms with Gasteiger partial charge < -0.3 is 18.8 Å². The predicted octanol–water partition coefficient (Wildman–Crippen LogP) is 0.830. The summed E-state index contributed by atoms with van der Waals surface area (Å²) >= 11 is 3.42. The van der Waals surface area contributed by atoms with Crippen LogP contribution < -0.4 is 0 Å². The van der Waals surface area contributed by atoms with Gasteiger partial charge in [0.15, 0.2) is 0 Å². The van der Waals surface area contributed by atoms with Gasteiger partial charge in [0, 0.05) is 7.05 Å². The van der Waals surface area contributed by atoms with Crippen molar-refractivity contribution in [2.24, 2.45) is 0 Å². The van der Waals surface area contributed by atoms with Gasteiger partial charge in [-0.3, -0.25) is 9.59 Å². The summed E-state index contributed by atoms with van der Waals surface area (Å²) in [5.74, 6) is -0.842. The van der Waals surface area contributed by atoms with E-state index >= 15 is 0 Å². The SMILES string of the molecule is Cc1ccc([C@@H](O)[C@H](Br)[B-]23OC(=O)C[N+]2(C)CC(=O)O3)cc1. The number of fused-ring (bicyclic) bond motifs is 1. The van der Waals surface area contributed by atoms with Crippen LogP contribution >= 0.6 is 15.9 Å². The predicted molar refractivity (Wildman–Crippen MR) is 82.7 cm³/mol. The van der Waals surface area contributed by atoms with Crippen LogP contribution in [0.1, 0.15) is 17.2 Å². The zero-order valence-electron chi connectivity index (χ0n) is 12.4. The second-order valence-corrected chi connectivity index (χ2v) is 7.36. The molecule has 8 heteroatoms. The van der Waals surface area contributed by atoms with Crippen LogP contribution in [0.4, 0.5) is 0 Å². The van der Waals surface area contributed by atoms with Gasteiger partial charge in [0.05, 0.1) is 10.8 Å². The fraction of sp³-hybridized carbons (Fsp3) is 0.429. The van der Waals surface area contributed by atoms with E-state index in [2.05, 4.69) is 15.9 Å². The minimum atomic E-state index is -2.33. The van der Waals surface area contributed by atoms with Gasteiger partial charge in [-0.1, -0.05) is 29.8 Å². The maximum absolute atomic E-state index is 11.8. The number of likely N-dealkylation sites (N-methyl/N-ethyl adjacent to an activating group) is 1. The summed E-state index contributed by atoms with van der Waals surface area (Å²) in [6.45, 7) is -0.247. The Bertz CT molecular complexity index is 615. The lowest BCUT2D eigenvalue weighted by Gasteiger charge is -2.43. The molecule has 0 aromatic heterocycles. The van der Waals surface area contributed by atoms with E-state index < -0.39 is 29.5 Å². The van der Waals surface area contributed by atoms with Crippen LogP contribution in [0, 0.1) is 6.92 Å². The topological polar surface area (TPSA) is 72.8 Å². The molecule has 118 valence electrons. The van der Waals surface area contributed by atoms with Crippen LogP contribution in [0.5, 0.6) is 0 Å². The molecule has 0 bridgehead atoms. The third-order valence-corrected chi connectivity index (χ3v) is 5.74. The number of nitrogens with zero attached hydrogens (tertiary/aromatic N) is 1. The summed E-state index contributed by atoms with van der Waals surface area (Å²) in [5, 5.41) is 10.6. The maximum atomic E-state index is 11.8. The van der Waals surface area contributed by atoms with Crippen LogP contribution in [-0.2, 0) is 18.9 Å². The molecule has 6 nitrogen and oxygen atoms in total. The van der Waals surface area contributed by atoms with E-state index in [1.807, 2.05) is 19.1 Å². The summed E-state index contributed by atoms with van der Waals surface area (Å²) < 4.78 is 10.2. The first-order valence-corrected chi connectivity index (χ1v) is 8.00. The molecule has 0 saturated carbocycles. The molecule has 22 heavy (non-hydrogen) atoms. The smallest absolute Gasteiger partial charge is 0.599 e. The molecular weight excluding hydrogens is 353 g/mol. The van der Waals surface area contributed by atoms with E-state index in [9.17, 15) is 14.7 Å². The summed E-state index contributed by atoms with van der Waals surface area (Å²) in [6, 6.07) is 7.38. The standard InChI is InChI=1S/C14H17BBrNO5/c1-9-3-5-10(6-4-9)13(20)14(16)15-17(2,7-11(18)21-15)8-12(19)22-15/h3-6,13-14,20H,7-8H2,1-2H3/t13-,14+,15?,17?/m1/s1. The van der Waals surface area contributed by atoms with Gasteiger partial charge >= 0.3 is 18.6 Å². The number of hydrogen-bond acceptors (Lipinski definition) is 5. The van der Waals surface area contributed by atoms with E-state index in [1.165, 1.54) is 0 Å². The monoisotopic (exact) mass is 369 g/mol. The number of carbonyl (C=O) groups excluding carboxylic acids is 2. The quantitative estimate of drug-likeness (QED) is 0.631. The van der Waals surface area contributed by atoms with Crippen LogP contribution in [0.25, 0.3) is 0 Å². The Labute approximate surface area is 136 Å². The molecule has 0 radical (unpaired) electrons. The third kappa shape index (κ3) is 2.17. The first-order chi connectivity index (χ1) is 10.3. The van der Waals surface area contributed by atoms with Crippen molar-refractivity contribution in [3.05, 3.63) is 35.4 Å². The number of hydrogen-bond donors (Lipinski definition) is 1. The molecule has 2 fully saturated rings. The van der Waals surface area contributed by atoms with E-state index in [1.54, 1.807) is 19.2 Å². The molecule has 2 saturated heterocycles. The molecule has 1 N–H and O–H groups in total. The summed E-state index contributed by atoms with van der Waals surface area (Å²) in [4.78, 5) is 23.5. The number of carbonyl (C=O) groups is 2. The molecule has 2 atom stereocenters. The lowest BCUT2D eigenvalue weighted by atomic mass is 9.62. The van der Waals surface area contributed by atoms with Crippen molar-refractivity contribution in [3.63, 3.8) is 0 Å². The van der Waals surface area contributed by atoms with E-state index in [0.717, 1.165) is 5.56 Å². The van der Waals surface area contributed by atoms with Crippen molar-refractivity contribution in [2.75, 3.05) is 20.1 Å². The molecule has 3 rings (SSSR count). The number of aliphatic hydroxyl groups excluding tert-OH is 1. The molecule has 1 aromatic rings. The van der Waals surface area contributed by atoms with Gasteiger partial charge in [0.1, 0.15) is 13.1 Å². The molecule has 2 heterocycles. The highest BCUT2D eigenvalue weighted by atomic mass is 79.9. The number of aliphatic hydroxyl groups is 1. The van der Waals surface area contributed by atoms with Gasteiger partial charge in [-0.2, -0.15) is 0 Å². The second-order valence-electron chi connectivity index (χ2n) is 6.30. The Morgan fingerprint density at radius 2 is 1.68 bits per heavy atom. The van der Waals surface area contributed by atoms with E-state index in [-0.39, 0.29) is 17.5 Å². The highest BCUT2D eigenvalue weighted by molar-refractivity contribution is 9.10. The number of quaternary nitrogens is 1. The summed E-state index contributed by atoms with van der Waals surface area (Å²) in [5.41, 5.74) is 1.74. The van der Waals surface area contributed by atoms with Gasteiger partial charge in [0.2, 0.25) is 0 Å². The Morgan fingerprint density at radius 3 is 2.18 bits per heavy atom. The zero-order valence-corrected chi connectivity index (χ0v) is 13.9. The Kier molecular flexibility index (Phi) is 3.58. The lowest BCUT2D eigenvalue weighted by molar-refractivity contribution is -0.794. The summed E-state index contributed by atoms with van der Waals surface area (Å²) in [6.07, 6.45) is -0.963. The number of halogens is 1. The van der Waals surface area contributed by atoms with Crippen molar-refractivity contribution in [1.29, 1.82) is 0 Å². The number of rotatable bonds is 3. The molecule has 0 unspecified atom stereocenters. The van der Waals surface area contributed by atoms with Gasteiger partial charge in [-0.15, -0.1) is 15.9 Å². The molecule has 2 aliphatic heterocycles. The van der Waals surface area contributed by atoms with E-state index in [4.69, 9.17) is 9.31 Å². The third-order valence-electron chi connectivity index (χ3n) is 4.57. The average molecular weight is 370 g/mol. The first kappa shape index (κ1) is 15.5. The first-order valence-electron chi connectivity index (χ1n) is 7.09. The maximum Gasteiger partial charge on any atom is 0.600 e. The van der Waals surface area contributed by atoms with Gasteiger partial charge in [-0.05, 0) is 12.5 Å². The Morgan fingerprint density at radius 1 is 1.18 bits per heavy atom. The molecule has 1 aromatic carbocycles.